The van der Waals surface area contributed by atoms with E-state index in [2.05, 4.69) is 19.2 Å². The van der Waals surface area contributed by atoms with Gasteiger partial charge < -0.3 is 10.1 Å². The van der Waals surface area contributed by atoms with Gasteiger partial charge in [0.2, 0.25) is 0 Å². The third-order valence-corrected chi connectivity index (χ3v) is 3.17. The molecule has 0 unspecified atom stereocenters. The number of carbonyl (C=O) groups is 1. The molecule has 0 aliphatic rings. The van der Waals surface area contributed by atoms with Crippen molar-refractivity contribution in [2.24, 2.45) is 5.92 Å². The van der Waals surface area contributed by atoms with Crippen molar-refractivity contribution in [3.63, 3.8) is 0 Å². The Kier molecular flexibility index (Phi) is 6.16. The quantitative estimate of drug-likeness (QED) is 0.639. The molecule has 0 saturated carbocycles. The van der Waals surface area contributed by atoms with Crippen LogP contribution in [0.15, 0.2) is 60.2 Å². The molecule has 122 valence electrons. The Bertz CT molecular complexity index is 741. The number of anilines is 1. The van der Waals surface area contributed by atoms with Gasteiger partial charge in [-0.2, -0.15) is 5.26 Å². The fourth-order valence-electron chi connectivity index (χ4n) is 1.96. The van der Waals surface area contributed by atoms with E-state index in [1.54, 1.807) is 18.2 Å². The molecule has 24 heavy (non-hydrogen) atoms. The molecule has 0 atom stereocenters. The summed E-state index contributed by atoms with van der Waals surface area (Å²) in [6.45, 7) is 4.82. The fourth-order valence-corrected chi connectivity index (χ4v) is 1.96. The van der Waals surface area contributed by atoms with E-state index in [0.717, 1.165) is 11.3 Å². The lowest BCUT2D eigenvalue weighted by molar-refractivity contribution is -0.112. The number of benzene rings is 2. The maximum Gasteiger partial charge on any atom is 0.266 e. The van der Waals surface area contributed by atoms with E-state index in [-0.39, 0.29) is 5.57 Å². The minimum atomic E-state index is -0.427. The zero-order chi connectivity index (χ0) is 17.4. The summed E-state index contributed by atoms with van der Waals surface area (Å²) >= 11 is 0. The van der Waals surface area contributed by atoms with Gasteiger partial charge in [-0.3, -0.25) is 4.79 Å². The monoisotopic (exact) mass is 320 g/mol. The largest absolute Gasteiger partial charge is 0.493 e. The van der Waals surface area contributed by atoms with E-state index < -0.39 is 5.91 Å². The maximum atomic E-state index is 12.2. The zero-order valence-corrected chi connectivity index (χ0v) is 13.8. The van der Waals surface area contributed by atoms with Crippen LogP contribution in [0.25, 0.3) is 6.08 Å². The Morgan fingerprint density at radius 2 is 1.83 bits per heavy atom. The zero-order valence-electron chi connectivity index (χ0n) is 13.8. The first-order valence-electron chi connectivity index (χ1n) is 7.79. The molecule has 1 N–H and O–H groups in total. The Balaban J connectivity index is 2.06. The van der Waals surface area contributed by atoms with E-state index in [1.807, 2.05) is 48.5 Å². The second-order valence-corrected chi connectivity index (χ2v) is 5.76. The van der Waals surface area contributed by atoms with Crippen molar-refractivity contribution >= 4 is 17.7 Å². The summed E-state index contributed by atoms with van der Waals surface area (Å²) in [6, 6.07) is 18.3. The van der Waals surface area contributed by atoms with Gasteiger partial charge in [0, 0.05) is 5.69 Å². The second kappa shape index (κ2) is 8.54. The lowest BCUT2D eigenvalue weighted by Gasteiger charge is -2.08. The first kappa shape index (κ1) is 17.3. The Morgan fingerprint density at radius 1 is 1.17 bits per heavy atom. The molecular weight excluding hydrogens is 300 g/mol. The fraction of sp³-hybridized carbons (Fsp3) is 0.200. The van der Waals surface area contributed by atoms with Crippen molar-refractivity contribution in [2.45, 2.75) is 13.8 Å². The highest BCUT2D eigenvalue weighted by Crippen LogP contribution is 2.16. The molecule has 2 rings (SSSR count). The molecule has 2 aromatic carbocycles. The predicted molar refractivity (Wildman–Crippen MR) is 95.4 cm³/mol. The van der Waals surface area contributed by atoms with Crippen LogP contribution in [0.5, 0.6) is 5.75 Å². The molecule has 0 saturated heterocycles. The highest BCUT2D eigenvalue weighted by molar-refractivity contribution is 6.09. The number of nitriles is 1. The number of ether oxygens (including phenoxy) is 1. The van der Waals surface area contributed by atoms with E-state index in [4.69, 9.17) is 4.74 Å². The number of para-hydroxylation sites is 1. The molecule has 2 aromatic rings. The van der Waals surface area contributed by atoms with Gasteiger partial charge in [-0.15, -0.1) is 0 Å². The van der Waals surface area contributed by atoms with E-state index in [9.17, 15) is 10.1 Å². The molecule has 4 heteroatoms. The molecule has 0 radical (unpaired) electrons. The van der Waals surface area contributed by atoms with Gasteiger partial charge in [-0.1, -0.05) is 44.2 Å². The Labute approximate surface area is 142 Å². The molecule has 0 aliphatic heterocycles. The first-order valence-corrected chi connectivity index (χ1v) is 7.79. The highest BCUT2D eigenvalue weighted by Gasteiger charge is 2.09. The molecule has 0 fully saturated rings. The molecular formula is C20H20N2O2. The molecule has 4 nitrogen and oxygen atoms in total. The topological polar surface area (TPSA) is 62.1 Å². The smallest absolute Gasteiger partial charge is 0.266 e. The average molecular weight is 320 g/mol. The Hall–Kier alpha value is -3.06. The second-order valence-electron chi connectivity index (χ2n) is 5.76. The summed E-state index contributed by atoms with van der Waals surface area (Å²) in [4.78, 5) is 12.2. The van der Waals surface area contributed by atoms with Gasteiger partial charge in [0.1, 0.15) is 17.4 Å². The standard InChI is InChI=1S/C20H20N2O2/c1-15(2)14-24-19-10-8-16(9-11-19)12-17(13-21)20(23)22-18-6-4-3-5-7-18/h3-12,15H,14H2,1-2H3,(H,22,23). The van der Waals surface area contributed by atoms with Crippen molar-refractivity contribution in [3.05, 3.63) is 65.7 Å². The van der Waals surface area contributed by atoms with Crippen LogP contribution in [-0.4, -0.2) is 12.5 Å². The number of nitrogens with zero attached hydrogens (tertiary/aromatic N) is 1. The van der Waals surface area contributed by atoms with Gasteiger partial charge in [0.15, 0.2) is 0 Å². The summed E-state index contributed by atoms with van der Waals surface area (Å²) in [7, 11) is 0. The molecule has 0 bridgehead atoms. The van der Waals surface area contributed by atoms with Crippen LogP contribution in [0, 0.1) is 17.2 Å². The van der Waals surface area contributed by atoms with Crippen molar-refractivity contribution in [1.29, 1.82) is 5.26 Å². The SMILES string of the molecule is CC(C)COc1ccc(C=C(C#N)C(=O)Nc2ccccc2)cc1. The summed E-state index contributed by atoms with van der Waals surface area (Å²) < 4.78 is 5.62. The number of rotatable bonds is 6. The number of hydrogen-bond donors (Lipinski definition) is 1. The summed E-state index contributed by atoms with van der Waals surface area (Å²) in [5.74, 6) is 0.799. The minimum Gasteiger partial charge on any atom is -0.493 e. The van der Waals surface area contributed by atoms with Gasteiger partial charge >= 0.3 is 0 Å². The van der Waals surface area contributed by atoms with Crippen LogP contribution < -0.4 is 10.1 Å². The van der Waals surface area contributed by atoms with E-state index in [0.29, 0.717) is 18.2 Å². The Morgan fingerprint density at radius 3 is 2.42 bits per heavy atom. The van der Waals surface area contributed by atoms with Crippen LogP contribution in [-0.2, 0) is 4.79 Å². The summed E-state index contributed by atoms with van der Waals surface area (Å²) in [5.41, 5.74) is 1.47. The summed E-state index contributed by atoms with van der Waals surface area (Å²) in [5, 5.41) is 11.9. The van der Waals surface area contributed by atoms with Crippen molar-refractivity contribution in [3.8, 4) is 11.8 Å². The average Bonchev–Trinajstić information content (AvgIpc) is 2.59. The number of hydrogen-bond acceptors (Lipinski definition) is 3. The maximum absolute atomic E-state index is 12.2. The minimum absolute atomic E-state index is 0.0506. The number of amides is 1. The van der Waals surface area contributed by atoms with Crippen molar-refractivity contribution in [1.82, 2.24) is 0 Å². The van der Waals surface area contributed by atoms with Crippen LogP contribution in [0.3, 0.4) is 0 Å². The van der Waals surface area contributed by atoms with Gasteiger partial charge in [-0.05, 0) is 41.8 Å². The molecule has 1 amide bonds. The van der Waals surface area contributed by atoms with Crippen LogP contribution in [0.4, 0.5) is 5.69 Å². The predicted octanol–water partition coefficient (Wildman–Crippen LogP) is 4.27. The van der Waals surface area contributed by atoms with E-state index >= 15 is 0 Å². The van der Waals surface area contributed by atoms with Crippen LogP contribution in [0.1, 0.15) is 19.4 Å². The number of carbonyl (C=O) groups excluding carboxylic acids is 1. The molecule has 0 spiro atoms. The van der Waals surface area contributed by atoms with Crippen LogP contribution >= 0.6 is 0 Å². The van der Waals surface area contributed by atoms with Crippen molar-refractivity contribution in [2.75, 3.05) is 11.9 Å². The first-order chi connectivity index (χ1) is 11.6. The highest BCUT2D eigenvalue weighted by atomic mass is 16.5. The summed E-state index contributed by atoms with van der Waals surface area (Å²) in [6.07, 6.45) is 1.56. The lowest BCUT2D eigenvalue weighted by atomic mass is 10.1. The third kappa shape index (κ3) is 5.29. The van der Waals surface area contributed by atoms with Gasteiger partial charge in [-0.25, -0.2) is 0 Å². The van der Waals surface area contributed by atoms with Gasteiger partial charge in [0.05, 0.1) is 6.61 Å². The number of nitrogens with one attached hydrogen (secondary N) is 1. The van der Waals surface area contributed by atoms with Crippen LogP contribution in [0.2, 0.25) is 0 Å². The van der Waals surface area contributed by atoms with Crippen molar-refractivity contribution < 1.29 is 9.53 Å². The molecule has 0 heterocycles. The lowest BCUT2D eigenvalue weighted by Crippen LogP contribution is -2.13. The van der Waals surface area contributed by atoms with E-state index in [1.165, 1.54) is 0 Å². The molecule has 0 aromatic heterocycles. The normalized spacial score (nSPS) is 11.0. The van der Waals surface area contributed by atoms with Gasteiger partial charge in [0.25, 0.3) is 5.91 Å². The third-order valence-electron chi connectivity index (χ3n) is 3.17. The molecule has 0 aliphatic carbocycles.